The molecule has 108 valence electrons. The second kappa shape index (κ2) is 6.19. The van der Waals surface area contributed by atoms with Crippen molar-refractivity contribution in [1.82, 2.24) is 15.1 Å². The van der Waals surface area contributed by atoms with Gasteiger partial charge in [-0.2, -0.15) is 5.10 Å². The van der Waals surface area contributed by atoms with Gasteiger partial charge in [-0.3, -0.25) is 9.48 Å². The van der Waals surface area contributed by atoms with Gasteiger partial charge in [0.1, 0.15) is 5.60 Å². The topological polar surface area (TPSA) is 67.2 Å². The van der Waals surface area contributed by atoms with Crippen molar-refractivity contribution < 1.29 is 9.90 Å². The van der Waals surface area contributed by atoms with Crippen LogP contribution in [0.4, 0.5) is 0 Å². The first-order valence-electron chi connectivity index (χ1n) is 6.77. The highest BCUT2D eigenvalue weighted by atomic mass is 16.3. The molecule has 0 spiro atoms. The zero-order valence-corrected chi connectivity index (χ0v) is 12.5. The molecule has 0 aliphatic carbocycles. The molecule has 0 radical (unpaired) electrons. The molecular formula is C14H25N3O2. The van der Waals surface area contributed by atoms with Crippen LogP contribution in [0.2, 0.25) is 0 Å². The SMILES string of the molecule is CCC(C)C(C)C(=O)NCC(C)(O)c1cnn(C)c1. The van der Waals surface area contributed by atoms with E-state index in [2.05, 4.69) is 24.3 Å². The minimum absolute atomic E-state index is 0.0153. The number of rotatable bonds is 6. The Hall–Kier alpha value is -1.36. The predicted octanol–water partition coefficient (Wildman–Crippen LogP) is 1.43. The molecular weight excluding hydrogens is 242 g/mol. The molecule has 5 nitrogen and oxygen atoms in total. The molecule has 0 fully saturated rings. The first kappa shape index (κ1) is 15.7. The Morgan fingerprint density at radius 1 is 1.58 bits per heavy atom. The van der Waals surface area contributed by atoms with Crippen molar-refractivity contribution in [2.75, 3.05) is 6.54 Å². The maximum Gasteiger partial charge on any atom is 0.223 e. The van der Waals surface area contributed by atoms with Crippen LogP contribution in [0.3, 0.4) is 0 Å². The van der Waals surface area contributed by atoms with Gasteiger partial charge in [-0.1, -0.05) is 27.2 Å². The van der Waals surface area contributed by atoms with Gasteiger partial charge >= 0.3 is 0 Å². The number of aromatic nitrogens is 2. The molecule has 0 saturated carbocycles. The first-order valence-corrected chi connectivity index (χ1v) is 6.77. The largest absolute Gasteiger partial charge is 0.383 e. The highest BCUT2D eigenvalue weighted by molar-refractivity contribution is 5.78. The van der Waals surface area contributed by atoms with Crippen molar-refractivity contribution in [3.8, 4) is 0 Å². The van der Waals surface area contributed by atoms with E-state index in [1.165, 1.54) is 0 Å². The molecule has 0 saturated heterocycles. The van der Waals surface area contributed by atoms with Gasteiger partial charge < -0.3 is 10.4 Å². The third kappa shape index (κ3) is 4.06. The van der Waals surface area contributed by atoms with Gasteiger partial charge in [0, 0.05) is 24.7 Å². The number of amides is 1. The first-order chi connectivity index (χ1) is 8.77. The second-order valence-corrected chi connectivity index (χ2v) is 5.57. The Morgan fingerprint density at radius 2 is 2.21 bits per heavy atom. The van der Waals surface area contributed by atoms with Crippen LogP contribution >= 0.6 is 0 Å². The van der Waals surface area contributed by atoms with E-state index in [-0.39, 0.29) is 18.4 Å². The average Bonchev–Trinajstić information content (AvgIpc) is 2.81. The van der Waals surface area contributed by atoms with Gasteiger partial charge in [-0.05, 0) is 12.8 Å². The molecule has 19 heavy (non-hydrogen) atoms. The lowest BCUT2D eigenvalue weighted by molar-refractivity contribution is -0.127. The van der Waals surface area contributed by atoms with Crippen LogP contribution < -0.4 is 5.32 Å². The van der Waals surface area contributed by atoms with E-state index in [1.807, 2.05) is 6.92 Å². The van der Waals surface area contributed by atoms with Crippen LogP contribution in [0.5, 0.6) is 0 Å². The van der Waals surface area contributed by atoms with Gasteiger partial charge in [0.2, 0.25) is 5.91 Å². The molecule has 0 aliphatic rings. The molecule has 3 unspecified atom stereocenters. The highest BCUT2D eigenvalue weighted by Gasteiger charge is 2.27. The van der Waals surface area contributed by atoms with E-state index < -0.39 is 5.60 Å². The van der Waals surface area contributed by atoms with E-state index in [0.29, 0.717) is 11.5 Å². The van der Waals surface area contributed by atoms with Gasteiger partial charge in [-0.15, -0.1) is 0 Å². The Kier molecular flexibility index (Phi) is 5.11. The van der Waals surface area contributed by atoms with E-state index in [1.54, 1.807) is 31.0 Å². The summed E-state index contributed by atoms with van der Waals surface area (Å²) in [5.41, 5.74) is -0.398. The van der Waals surface area contributed by atoms with E-state index in [9.17, 15) is 9.90 Å². The molecule has 5 heteroatoms. The lowest BCUT2D eigenvalue weighted by Gasteiger charge is -2.24. The van der Waals surface area contributed by atoms with Gasteiger partial charge in [-0.25, -0.2) is 0 Å². The van der Waals surface area contributed by atoms with E-state index in [4.69, 9.17) is 0 Å². The fraction of sp³-hybridized carbons (Fsp3) is 0.714. The van der Waals surface area contributed by atoms with Crippen molar-refractivity contribution in [2.45, 2.75) is 39.7 Å². The summed E-state index contributed by atoms with van der Waals surface area (Å²) in [7, 11) is 1.79. The monoisotopic (exact) mass is 267 g/mol. The minimum Gasteiger partial charge on any atom is -0.383 e. The summed E-state index contributed by atoms with van der Waals surface area (Å²) < 4.78 is 1.63. The number of hydrogen-bond acceptors (Lipinski definition) is 3. The Labute approximate surface area is 115 Å². The second-order valence-electron chi connectivity index (χ2n) is 5.57. The number of aliphatic hydroxyl groups is 1. The normalized spacial score (nSPS) is 17.6. The van der Waals surface area contributed by atoms with Gasteiger partial charge in [0.05, 0.1) is 12.7 Å². The molecule has 1 amide bonds. The van der Waals surface area contributed by atoms with Crippen molar-refractivity contribution >= 4 is 5.91 Å². The lowest BCUT2D eigenvalue weighted by atomic mass is 9.92. The van der Waals surface area contributed by atoms with Crippen LogP contribution in [-0.4, -0.2) is 27.3 Å². The van der Waals surface area contributed by atoms with Gasteiger partial charge in [0.25, 0.3) is 0 Å². The Balaban J connectivity index is 2.58. The summed E-state index contributed by atoms with van der Waals surface area (Å²) in [6.07, 6.45) is 4.34. The number of aryl methyl sites for hydroxylation is 1. The van der Waals surface area contributed by atoms with Crippen molar-refractivity contribution in [3.05, 3.63) is 18.0 Å². The molecule has 3 atom stereocenters. The smallest absolute Gasteiger partial charge is 0.223 e. The number of carbonyl (C=O) groups excluding carboxylic acids is 1. The highest BCUT2D eigenvalue weighted by Crippen LogP contribution is 2.19. The van der Waals surface area contributed by atoms with Crippen LogP contribution in [0.1, 0.15) is 39.7 Å². The molecule has 1 aromatic rings. The molecule has 0 aliphatic heterocycles. The summed E-state index contributed by atoms with van der Waals surface area (Å²) in [4.78, 5) is 12.0. The number of nitrogens with zero attached hydrogens (tertiary/aromatic N) is 2. The maximum absolute atomic E-state index is 12.0. The van der Waals surface area contributed by atoms with E-state index in [0.717, 1.165) is 6.42 Å². The summed E-state index contributed by atoms with van der Waals surface area (Å²) in [5.74, 6) is 0.275. The van der Waals surface area contributed by atoms with Crippen molar-refractivity contribution in [1.29, 1.82) is 0 Å². The minimum atomic E-state index is -1.10. The molecule has 1 rings (SSSR count). The maximum atomic E-state index is 12.0. The summed E-state index contributed by atoms with van der Waals surface area (Å²) in [5, 5.41) is 17.2. The van der Waals surface area contributed by atoms with Crippen molar-refractivity contribution in [3.63, 3.8) is 0 Å². The zero-order valence-electron chi connectivity index (χ0n) is 12.5. The third-order valence-corrected chi connectivity index (χ3v) is 3.84. The quantitative estimate of drug-likeness (QED) is 0.819. The molecule has 0 bridgehead atoms. The molecule has 1 aromatic heterocycles. The number of nitrogens with one attached hydrogen (secondary N) is 1. The average molecular weight is 267 g/mol. The van der Waals surface area contributed by atoms with Crippen molar-refractivity contribution in [2.24, 2.45) is 18.9 Å². The van der Waals surface area contributed by atoms with Crippen LogP contribution in [-0.2, 0) is 17.4 Å². The van der Waals surface area contributed by atoms with E-state index >= 15 is 0 Å². The number of hydrogen-bond donors (Lipinski definition) is 2. The lowest BCUT2D eigenvalue weighted by Crippen LogP contribution is -2.41. The fourth-order valence-corrected chi connectivity index (χ4v) is 1.83. The standard InChI is InChI=1S/C14H25N3O2/c1-6-10(2)11(3)13(18)15-9-14(4,19)12-7-16-17(5)8-12/h7-8,10-11,19H,6,9H2,1-5H3,(H,15,18). The molecule has 0 aromatic carbocycles. The summed E-state index contributed by atoms with van der Waals surface area (Å²) in [6.45, 7) is 7.92. The Bertz CT molecular complexity index is 426. The van der Waals surface area contributed by atoms with Crippen LogP contribution in [0.25, 0.3) is 0 Å². The van der Waals surface area contributed by atoms with Gasteiger partial charge in [0.15, 0.2) is 0 Å². The molecule has 1 heterocycles. The Morgan fingerprint density at radius 3 is 2.68 bits per heavy atom. The predicted molar refractivity (Wildman–Crippen MR) is 74.4 cm³/mol. The van der Waals surface area contributed by atoms with Crippen LogP contribution in [0.15, 0.2) is 12.4 Å². The molecule has 2 N–H and O–H groups in total. The fourth-order valence-electron chi connectivity index (χ4n) is 1.83. The summed E-state index contributed by atoms with van der Waals surface area (Å²) in [6, 6.07) is 0. The number of carbonyl (C=O) groups is 1. The zero-order chi connectivity index (χ0) is 14.6. The third-order valence-electron chi connectivity index (χ3n) is 3.84. The summed E-state index contributed by atoms with van der Waals surface area (Å²) >= 11 is 0. The van der Waals surface area contributed by atoms with Crippen LogP contribution in [0, 0.1) is 11.8 Å².